The summed E-state index contributed by atoms with van der Waals surface area (Å²) >= 11 is 0. The number of carboxylic acids is 1. The van der Waals surface area contributed by atoms with Crippen LogP contribution in [-0.4, -0.2) is 35.2 Å². The number of hydrogen-bond acceptors (Lipinski definition) is 5. The summed E-state index contributed by atoms with van der Waals surface area (Å²) in [5, 5.41) is 10.6. The van der Waals surface area contributed by atoms with Gasteiger partial charge in [-0.25, -0.2) is 0 Å². The Morgan fingerprint density at radius 3 is 1.95 bits per heavy atom. The summed E-state index contributed by atoms with van der Waals surface area (Å²) in [6.07, 6.45) is 10.3. The Hall–Kier alpha value is -1.85. The molecular weight excluding hydrogens is 504 g/mol. The average molecular weight is 557 g/mol. The van der Waals surface area contributed by atoms with Gasteiger partial charge in [0.05, 0.1) is 0 Å². The normalized spacial score (nSPS) is 46.0. The zero-order chi connectivity index (χ0) is 29.5. The highest BCUT2D eigenvalue weighted by molar-refractivity contribution is 5.77. The van der Waals surface area contributed by atoms with Crippen LogP contribution >= 0.6 is 0 Å². The third-order valence-electron chi connectivity index (χ3n) is 13.4. The molecule has 3 saturated carbocycles. The Balaban J connectivity index is 1.47. The third kappa shape index (κ3) is 4.20. The number of carbonyl (C=O) groups excluding carboxylic acids is 2. The van der Waals surface area contributed by atoms with Crippen LogP contribution in [0.4, 0.5) is 0 Å². The van der Waals surface area contributed by atoms with Crippen LogP contribution in [0.25, 0.3) is 0 Å². The van der Waals surface area contributed by atoms with Crippen molar-refractivity contribution in [2.24, 2.45) is 44.8 Å². The molecule has 0 bridgehead atoms. The van der Waals surface area contributed by atoms with E-state index >= 15 is 0 Å². The van der Waals surface area contributed by atoms with Gasteiger partial charge in [-0.3, -0.25) is 14.4 Å². The van der Waals surface area contributed by atoms with E-state index in [9.17, 15) is 19.5 Å². The highest BCUT2D eigenvalue weighted by Gasteiger charge is 2.66. The highest BCUT2D eigenvalue weighted by atomic mass is 16.5. The first-order chi connectivity index (χ1) is 18.5. The van der Waals surface area contributed by atoms with Crippen molar-refractivity contribution in [1.82, 2.24) is 0 Å². The lowest BCUT2D eigenvalue weighted by Crippen LogP contribution is -2.62. The molecule has 6 nitrogen and oxygen atoms in total. The fourth-order valence-corrected chi connectivity index (χ4v) is 11.7. The molecule has 5 aliphatic rings. The number of esters is 2. The van der Waals surface area contributed by atoms with Gasteiger partial charge in [0, 0.05) is 19.3 Å². The van der Waals surface area contributed by atoms with Crippen LogP contribution in [0.5, 0.6) is 0 Å². The zero-order valence-electron chi connectivity index (χ0n) is 26.2. The number of carboxylic acid groups (broad SMARTS) is 1. The van der Waals surface area contributed by atoms with Crippen molar-refractivity contribution in [2.45, 2.75) is 138 Å². The summed E-state index contributed by atoms with van der Waals surface area (Å²) in [5.74, 6) is -0.515. The summed E-state index contributed by atoms with van der Waals surface area (Å²) in [7, 11) is 0. The Morgan fingerprint density at radius 2 is 1.32 bits per heavy atom. The van der Waals surface area contributed by atoms with Gasteiger partial charge in [0.2, 0.25) is 0 Å². The van der Waals surface area contributed by atoms with Crippen molar-refractivity contribution in [3.63, 3.8) is 0 Å². The van der Waals surface area contributed by atoms with Gasteiger partial charge in [-0.2, -0.15) is 0 Å². The molecule has 0 aromatic rings. The summed E-state index contributed by atoms with van der Waals surface area (Å²) in [5.41, 5.74) is 2.33. The van der Waals surface area contributed by atoms with Gasteiger partial charge < -0.3 is 14.6 Å². The lowest BCUT2D eigenvalue weighted by atomic mass is 9.41. The second-order valence-electron chi connectivity index (χ2n) is 15.8. The quantitative estimate of drug-likeness (QED) is 0.286. The first-order valence-corrected chi connectivity index (χ1v) is 15.8. The molecule has 5 rings (SSSR count). The Labute approximate surface area is 241 Å². The number of hydrogen-bond donors (Lipinski definition) is 1. The molecule has 0 aromatic carbocycles. The molecule has 6 heteroatoms. The van der Waals surface area contributed by atoms with Gasteiger partial charge in [-0.05, 0) is 112 Å². The van der Waals surface area contributed by atoms with Gasteiger partial charge in [0.25, 0.3) is 0 Å². The molecule has 0 aromatic heterocycles. The van der Waals surface area contributed by atoms with Crippen molar-refractivity contribution in [3.05, 3.63) is 11.1 Å². The van der Waals surface area contributed by atoms with E-state index in [0.717, 1.165) is 64.2 Å². The fraction of sp³-hybridized carbons (Fsp3) is 0.853. The monoisotopic (exact) mass is 556 g/mol. The van der Waals surface area contributed by atoms with Crippen molar-refractivity contribution in [2.75, 3.05) is 0 Å². The zero-order valence-corrected chi connectivity index (χ0v) is 26.2. The second kappa shape index (κ2) is 9.59. The van der Waals surface area contributed by atoms with Gasteiger partial charge in [0.1, 0.15) is 17.6 Å². The lowest BCUT2D eigenvalue weighted by Gasteiger charge is -2.63. The Kier molecular flexibility index (Phi) is 7.11. The smallest absolute Gasteiger partial charge is 0.313 e. The minimum absolute atomic E-state index is 0.0229. The molecule has 3 fully saturated rings. The molecule has 40 heavy (non-hydrogen) atoms. The number of ether oxygens (including phenoxy) is 2. The van der Waals surface area contributed by atoms with E-state index in [2.05, 4.69) is 34.6 Å². The van der Waals surface area contributed by atoms with E-state index in [4.69, 9.17) is 9.47 Å². The Morgan fingerprint density at radius 1 is 0.725 bits per heavy atom. The van der Waals surface area contributed by atoms with Gasteiger partial charge in [0.15, 0.2) is 0 Å². The molecule has 224 valence electrons. The van der Waals surface area contributed by atoms with Crippen LogP contribution in [-0.2, 0) is 23.9 Å². The molecule has 0 amide bonds. The lowest BCUT2D eigenvalue weighted by molar-refractivity contribution is -0.208. The van der Waals surface area contributed by atoms with Crippen LogP contribution in [0.15, 0.2) is 11.1 Å². The van der Waals surface area contributed by atoms with Crippen molar-refractivity contribution >= 4 is 17.9 Å². The van der Waals surface area contributed by atoms with E-state index in [0.29, 0.717) is 18.3 Å². The largest absolute Gasteiger partial charge is 0.481 e. The molecule has 0 heterocycles. The van der Waals surface area contributed by atoms with E-state index in [1.165, 1.54) is 13.8 Å². The molecule has 0 radical (unpaired) electrons. The van der Waals surface area contributed by atoms with E-state index < -0.39 is 17.5 Å². The van der Waals surface area contributed by atoms with Crippen molar-refractivity contribution in [3.8, 4) is 0 Å². The van der Waals surface area contributed by atoms with Crippen molar-refractivity contribution < 1.29 is 29.0 Å². The first-order valence-electron chi connectivity index (χ1n) is 15.8. The predicted octanol–water partition coefficient (Wildman–Crippen LogP) is 7.49. The summed E-state index contributed by atoms with van der Waals surface area (Å²) in [6.45, 7) is 16.7. The molecule has 5 aliphatic carbocycles. The fourth-order valence-electron chi connectivity index (χ4n) is 11.7. The Bertz CT molecular complexity index is 1120. The standard InChI is InChI=1S/C34H52O6/c1-20(35)39-27-14-17-32(6)23-10-12-25-31(5,19-22(23)9-11-24(32)30(27,3)4)16-13-26-33(25,7)18-15-28(40-21(2)36)34(26,8)29(37)38/h24-28H,9-19H2,1-8H3,(H,37,38)/t24-,25-,26+,27+,28-,31-,32+,33+,34+/m0/s1. The minimum atomic E-state index is -1.07. The van der Waals surface area contributed by atoms with Gasteiger partial charge in [-0.15, -0.1) is 0 Å². The molecule has 1 N–H and O–H groups in total. The number of rotatable bonds is 3. The molecule has 0 spiro atoms. The summed E-state index contributed by atoms with van der Waals surface area (Å²) in [6, 6.07) is 0. The van der Waals surface area contributed by atoms with Crippen molar-refractivity contribution in [1.29, 1.82) is 0 Å². The van der Waals surface area contributed by atoms with Crippen LogP contribution < -0.4 is 0 Å². The molecular formula is C34H52O6. The highest BCUT2D eigenvalue weighted by Crippen LogP contribution is 2.70. The van der Waals surface area contributed by atoms with Crippen LogP contribution in [0.2, 0.25) is 0 Å². The minimum Gasteiger partial charge on any atom is -0.481 e. The number of aliphatic carboxylic acids is 1. The summed E-state index contributed by atoms with van der Waals surface area (Å²) in [4.78, 5) is 36.8. The topological polar surface area (TPSA) is 89.9 Å². The molecule has 0 saturated heterocycles. The first kappa shape index (κ1) is 29.6. The number of allylic oxidation sites excluding steroid dienone is 2. The molecule has 0 unspecified atom stereocenters. The van der Waals surface area contributed by atoms with Gasteiger partial charge >= 0.3 is 17.9 Å². The van der Waals surface area contributed by atoms with E-state index in [1.807, 2.05) is 6.92 Å². The average Bonchev–Trinajstić information content (AvgIpc) is 2.99. The molecule has 0 aliphatic heterocycles. The maximum atomic E-state index is 12.9. The van der Waals surface area contributed by atoms with E-state index in [1.54, 1.807) is 11.1 Å². The predicted molar refractivity (Wildman–Crippen MR) is 153 cm³/mol. The number of fused-ring (bicyclic) bond motifs is 5. The SMILES string of the molecule is CC(=O)O[C@H]1CC[C@@]2(C)[C@@H](CC[C@@]3(C)CC4=C(CC[C@@H]32)[C@@]2(C)CC[C@@H](OC(C)=O)C(C)(C)[C@@H]2CC4)[C@@]1(C)C(=O)O. The van der Waals surface area contributed by atoms with Crippen LogP contribution in [0.3, 0.4) is 0 Å². The van der Waals surface area contributed by atoms with Crippen LogP contribution in [0.1, 0.15) is 126 Å². The van der Waals surface area contributed by atoms with Gasteiger partial charge in [-0.1, -0.05) is 45.8 Å². The maximum absolute atomic E-state index is 12.9. The van der Waals surface area contributed by atoms with Crippen LogP contribution in [0, 0.1) is 44.8 Å². The van der Waals surface area contributed by atoms with E-state index in [-0.39, 0.29) is 45.6 Å². The number of carbonyl (C=O) groups is 3. The second-order valence-corrected chi connectivity index (χ2v) is 15.8. The maximum Gasteiger partial charge on any atom is 0.313 e. The molecule has 9 atom stereocenters. The summed E-state index contributed by atoms with van der Waals surface area (Å²) < 4.78 is 11.6. The third-order valence-corrected chi connectivity index (χ3v) is 13.4.